The van der Waals surface area contributed by atoms with Crippen LogP contribution in [-0.2, 0) is 0 Å². The molecular weight excluding hydrogens is 398 g/mol. The third-order valence-corrected chi connectivity index (χ3v) is 6.41. The summed E-state index contributed by atoms with van der Waals surface area (Å²) < 4.78 is 1.76. The predicted octanol–water partition coefficient (Wildman–Crippen LogP) is 3.26. The van der Waals surface area contributed by atoms with Gasteiger partial charge in [-0.15, -0.1) is 11.3 Å². The number of hydrogen-bond acceptors (Lipinski definition) is 6. The number of likely N-dealkylation sites (N-methyl/N-ethyl adjacent to an activating group) is 1. The number of carbonyl (C=O) groups excluding carboxylic acids is 1. The lowest BCUT2D eigenvalue weighted by molar-refractivity contribution is 0.0788. The van der Waals surface area contributed by atoms with E-state index in [1.165, 1.54) is 11.3 Å². The van der Waals surface area contributed by atoms with E-state index in [2.05, 4.69) is 39.3 Å². The van der Waals surface area contributed by atoms with Gasteiger partial charge in [-0.25, -0.2) is 9.50 Å². The zero-order chi connectivity index (χ0) is 20.0. The van der Waals surface area contributed by atoms with Gasteiger partial charge in [0.2, 0.25) is 0 Å². The fraction of sp³-hybridized carbons (Fsp3) is 0.333. The molecule has 0 saturated carbocycles. The van der Waals surface area contributed by atoms with E-state index in [4.69, 9.17) is 0 Å². The standard InChI is InChI=1S/C20H21N7OS.CH4/c1-25(2)16-3-4-26(11-16)20(28)18-5-13(12-29-18)17-9-24-27-10-15(6-21-19(17)27)14-7-22-23-8-14;/h5-10,12,16H,3-4,11H2,1-2H3,(H,22,23);1H4/t16-;/m1./s1. The molecule has 0 spiro atoms. The molecule has 9 heteroatoms. The highest BCUT2D eigenvalue weighted by atomic mass is 32.1. The molecule has 0 radical (unpaired) electrons. The molecule has 1 aliphatic rings. The summed E-state index contributed by atoms with van der Waals surface area (Å²) in [6, 6.07) is 2.39. The Kier molecular flexibility index (Phi) is 5.40. The number of aromatic amines is 1. The smallest absolute Gasteiger partial charge is 0.263 e. The molecule has 0 bridgehead atoms. The van der Waals surface area contributed by atoms with Crippen LogP contribution in [0.3, 0.4) is 0 Å². The second-order valence-corrected chi connectivity index (χ2v) is 8.42. The SMILES string of the molecule is C.CN(C)[C@@H]1CCN(C(=O)c2cc(-c3cnn4cc(-c5cn[nH]c5)cnc34)cs2)C1. The van der Waals surface area contributed by atoms with Crippen LogP contribution in [0.15, 0.2) is 42.4 Å². The van der Waals surface area contributed by atoms with Gasteiger partial charge in [-0.3, -0.25) is 9.89 Å². The lowest BCUT2D eigenvalue weighted by Gasteiger charge is -2.19. The van der Waals surface area contributed by atoms with E-state index in [1.807, 2.05) is 34.9 Å². The Morgan fingerprint density at radius 2 is 2.10 bits per heavy atom. The van der Waals surface area contributed by atoms with Crippen molar-refractivity contribution in [1.82, 2.24) is 34.6 Å². The monoisotopic (exact) mass is 423 g/mol. The molecule has 156 valence electrons. The van der Waals surface area contributed by atoms with Crippen LogP contribution < -0.4 is 0 Å². The first-order valence-electron chi connectivity index (χ1n) is 9.47. The number of amides is 1. The van der Waals surface area contributed by atoms with Crippen LogP contribution in [0.2, 0.25) is 0 Å². The topological polar surface area (TPSA) is 82.4 Å². The van der Waals surface area contributed by atoms with Gasteiger partial charge in [-0.2, -0.15) is 10.2 Å². The van der Waals surface area contributed by atoms with Gasteiger partial charge in [-0.05, 0) is 37.5 Å². The Morgan fingerprint density at radius 3 is 2.83 bits per heavy atom. The van der Waals surface area contributed by atoms with E-state index in [0.717, 1.165) is 52.3 Å². The Bertz CT molecular complexity index is 1160. The number of H-pyrrole nitrogens is 1. The Morgan fingerprint density at radius 1 is 1.23 bits per heavy atom. The van der Waals surface area contributed by atoms with Crippen molar-refractivity contribution < 1.29 is 4.79 Å². The number of nitrogens with one attached hydrogen (secondary N) is 1. The van der Waals surface area contributed by atoms with Crippen molar-refractivity contribution in [2.24, 2.45) is 0 Å². The normalized spacial score (nSPS) is 16.4. The van der Waals surface area contributed by atoms with Gasteiger partial charge in [0, 0.05) is 54.4 Å². The van der Waals surface area contributed by atoms with Crippen molar-refractivity contribution in [3.8, 4) is 22.3 Å². The van der Waals surface area contributed by atoms with Gasteiger partial charge in [0.1, 0.15) is 0 Å². The van der Waals surface area contributed by atoms with Gasteiger partial charge in [0.05, 0.1) is 17.3 Å². The summed E-state index contributed by atoms with van der Waals surface area (Å²) in [5.41, 5.74) is 4.56. The average Bonchev–Trinajstić information content (AvgIpc) is 3.53. The predicted molar refractivity (Wildman–Crippen MR) is 119 cm³/mol. The lowest BCUT2D eigenvalue weighted by Crippen LogP contribution is -2.34. The van der Waals surface area contributed by atoms with Crippen LogP contribution in [0, 0.1) is 0 Å². The van der Waals surface area contributed by atoms with Crippen LogP contribution in [-0.4, -0.2) is 73.7 Å². The fourth-order valence-electron chi connectivity index (χ4n) is 3.73. The molecule has 8 nitrogen and oxygen atoms in total. The molecular formula is C21H25N7OS. The highest BCUT2D eigenvalue weighted by Gasteiger charge is 2.29. The van der Waals surface area contributed by atoms with Crippen LogP contribution in [0.25, 0.3) is 27.9 Å². The molecule has 0 aromatic carbocycles. The summed E-state index contributed by atoms with van der Waals surface area (Å²) in [6.45, 7) is 1.60. The summed E-state index contributed by atoms with van der Waals surface area (Å²) in [7, 11) is 4.14. The lowest BCUT2D eigenvalue weighted by atomic mass is 10.1. The molecule has 1 N–H and O–H groups in total. The van der Waals surface area contributed by atoms with Gasteiger partial charge in [0.25, 0.3) is 5.91 Å². The van der Waals surface area contributed by atoms with Crippen LogP contribution in [0.4, 0.5) is 0 Å². The van der Waals surface area contributed by atoms with Gasteiger partial charge >= 0.3 is 0 Å². The number of carbonyl (C=O) groups is 1. The number of nitrogens with zero attached hydrogens (tertiary/aromatic N) is 6. The van der Waals surface area contributed by atoms with Gasteiger partial charge < -0.3 is 9.80 Å². The molecule has 30 heavy (non-hydrogen) atoms. The zero-order valence-electron chi connectivity index (χ0n) is 16.2. The Labute approximate surface area is 179 Å². The molecule has 5 heterocycles. The maximum Gasteiger partial charge on any atom is 0.263 e. The summed E-state index contributed by atoms with van der Waals surface area (Å²) in [5.74, 6) is 0.109. The van der Waals surface area contributed by atoms with Crippen molar-refractivity contribution in [1.29, 1.82) is 0 Å². The number of thiophene rings is 1. The van der Waals surface area contributed by atoms with Gasteiger partial charge in [0.15, 0.2) is 5.65 Å². The molecule has 1 atom stereocenters. The van der Waals surface area contributed by atoms with Gasteiger partial charge in [-0.1, -0.05) is 7.43 Å². The Hall–Kier alpha value is -3.04. The molecule has 1 aliphatic heterocycles. The molecule has 4 aromatic heterocycles. The second-order valence-electron chi connectivity index (χ2n) is 7.51. The van der Waals surface area contributed by atoms with Crippen molar-refractivity contribution in [3.05, 3.63) is 47.3 Å². The summed E-state index contributed by atoms with van der Waals surface area (Å²) in [6.07, 6.45) is 10.1. The third kappa shape index (κ3) is 3.50. The van der Waals surface area contributed by atoms with E-state index in [1.54, 1.807) is 16.9 Å². The van der Waals surface area contributed by atoms with E-state index in [0.29, 0.717) is 6.04 Å². The maximum atomic E-state index is 12.9. The van der Waals surface area contributed by atoms with Crippen molar-refractivity contribution in [3.63, 3.8) is 0 Å². The van der Waals surface area contributed by atoms with Crippen LogP contribution in [0.5, 0.6) is 0 Å². The molecule has 1 fully saturated rings. The fourth-order valence-corrected chi connectivity index (χ4v) is 4.60. The molecule has 4 aromatic rings. The summed E-state index contributed by atoms with van der Waals surface area (Å²) in [4.78, 5) is 22.4. The number of fused-ring (bicyclic) bond motifs is 1. The van der Waals surface area contributed by atoms with E-state index in [-0.39, 0.29) is 13.3 Å². The number of hydrogen-bond donors (Lipinski definition) is 1. The number of aromatic nitrogens is 5. The van der Waals surface area contributed by atoms with E-state index >= 15 is 0 Å². The van der Waals surface area contributed by atoms with Crippen LogP contribution in [0.1, 0.15) is 23.5 Å². The average molecular weight is 424 g/mol. The zero-order valence-corrected chi connectivity index (χ0v) is 17.1. The largest absolute Gasteiger partial charge is 0.336 e. The van der Waals surface area contributed by atoms with Crippen molar-refractivity contribution in [2.45, 2.75) is 19.9 Å². The summed E-state index contributed by atoms with van der Waals surface area (Å²) >= 11 is 1.48. The van der Waals surface area contributed by atoms with E-state index < -0.39 is 0 Å². The molecule has 1 saturated heterocycles. The minimum absolute atomic E-state index is 0. The number of likely N-dealkylation sites (tertiary alicyclic amines) is 1. The molecule has 5 rings (SSSR count). The number of rotatable bonds is 4. The van der Waals surface area contributed by atoms with Crippen LogP contribution >= 0.6 is 11.3 Å². The van der Waals surface area contributed by atoms with Crippen molar-refractivity contribution in [2.75, 3.05) is 27.2 Å². The Balaban J connectivity index is 0.00000218. The highest BCUT2D eigenvalue weighted by molar-refractivity contribution is 7.12. The van der Waals surface area contributed by atoms with E-state index in [9.17, 15) is 4.79 Å². The first-order valence-corrected chi connectivity index (χ1v) is 10.4. The minimum atomic E-state index is 0. The molecule has 0 aliphatic carbocycles. The van der Waals surface area contributed by atoms with Crippen molar-refractivity contribution >= 4 is 22.9 Å². The highest BCUT2D eigenvalue weighted by Crippen LogP contribution is 2.30. The second kappa shape index (κ2) is 8.00. The quantitative estimate of drug-likeness (QED) is 0.545. The first-order chi connectivity index (χ1) is 14.1. The molecule has 0 unspecified atom stereocenters. The third-order valence-electron chi connectivity index (χ3n) is 5.49. The first kappa shape index (κ1) is 20.2. The maximum absolute atomic E-state index is 12.9. The molecule has 1 amide bonds. The summed E-state index contributed by atoms with van der Waals surface area (Å²) in [5, 5.41) is 13.2. The minimum Gasteiger partial charge on any atom is -0.336 e.